The Kier molecular flexibility index (Phi) is 8.20. The van der Waals surface area contributed by atoms with Crippen LogP contribution in [0.3, 0.4) is 0 Å². The fourth-order valence-electron chi connectivity index (χ4n) is 3.22. The van der Waals surface area contributed by atoms with Crippen molar-refractivity contribution >= 4 is 34.8 Å². The van der Waals surface area contributed by atoms with Crippen LogP contribution in [-0.4, -0.2) is 34.7 Å². The average Bonchev–Trinajstić information content (AvgIpc) is 3.18. The normalized spacial score (nSPS) is 10.6. The van der Waals surface area contributed by atoms with E-state index in [2.05, 4.69) is 6.58 Å². The van der Waals surface area contributed by atoms with E-state index in [-0.39, 0.29) is 30.7 Å². The smallest absolute Gasteiger partial charge is 0.254 e. The van der Waals surface area contributed by atoms with Gasteiger partial charge in [0.15, 0.2) is 0 Å². The standard InChI is InChI=1S/C25H24ClFN2O2S/c1-3-12-28(25(31)20-5-4-6-21(26)14-20)17-24(30)29(16-23-18(2)11-13-32-23)15-19-7-9-22(27)10-8-19/h3-11,13-14H,1,12,15-17H2,2H3. The molecule has 7 heteroatoms. The summed E-state index contributed by atoms with van der Waals surface area (Å²) >= 11 is 7.61. The number of carbonyl (C=O) groups excluding carboxylic acids is 2. The molecule has 0 N–H and O–H groups in total. The molecular weight excluding hydrogens is 447 g/mol. The highest BCUT2D eigenvalue weighted by Gasteiger charge is 2.23. The second-order valence-electron chi connectivity index (χ2n) is 7.39. The van der Waals surface area contributed by atoms with Crippen molar-refractivity contribution in [2.75, 3.05) is 13.1 Å². The highest BCUT2D eigenvalue weighted by molar-refractivity contribution is 7.10. The Morgan fingerprint density at radius 1 is 1.09 bits per heavy atom. The molecule has 0 spiro atoms. The van der Waals surface area contributed by atoms with Crippen LogP contribution in [0.4, 0.5) is 4.39 Å². The van der Waals surface area contributed by atoms with Gasteiger partial charge in [-0.1, -0.05) is 35.9 Å². The number of hydrogen-bond donors (Lipinski definition) is 0. The minimum absolute atomic E-state index is 0.108. The van der Waals surface area contributed by atoms with Crippen molar-refractivity contribution in [3.63, 3.8) is 0 Å². The van der Waals surface area contributed by atoms with Crippen LogP contribution < -0.4 is 0 Å². The number of halogens is 2. The summed E-state index contributed by atoms with van der Waals surface area (Å²) in [5, 5.41) is 2.43. The summed E-state index contributed by atoms with van der Waals surface area (Å²) < 4.78 is 13.3. The molecule has 0 aliphatic carbocycles. The van der Waals surface area contributed by atoms with E-state index < -0.39 is 0 Å². The number of benzene rings is 2. The number of rotatable bonds is 9. The second kappa shape index (κ2) is 11.1. The van der Waals surface area contributed by atoms with E-state index in [0.717, 1.165) is 16.0 Å². The van der Waals surface area contributed by atoms with Crippen molar-refractivity contribution in [2.45, 2.75) is 20.0 Å². The highest BCUT2D eigenvalue weighted by Crippen LogP contribution is 2.20. The maximum atomic E-state index is 13.3. The molecule has 1 aromatic heterocycles. The Hall–Kier alpha value is -2.96. The van der Waals surface area contributed by atoms with Crippen molar-refractivity contribution in [1.29, 1.82) is 0 Å². The van der Waals surface area contributed by atoms with Crippen molar-refractivity contribution < 1.29 is 14.0 Å². The maximum Gasteiger partial charge on any atom is 0.254 e. The van der Waals surface area contributed by atoms with Gasteiger partial charge in [-0.3, -0.25) is 9.59 Å². The first-order chi connectivity index (χ1) is 15.4. The topological polar surface area (TPSA) is 40.6 Å². The molecule has 0 fully saturated rings. The van der Waals surface area contributed by atoms with E-state index in [1.807, 2.05) is 18.4 Å². The fraction of sp³-hybridized carbons (Fsp3) is 0.200. The molecule has 2 amide bonds. The number of thiophene rings is 1. The van der Waals surface area contributed by atoms with Crippen LogP contribution >= 0.6 is 22.9 Å². The van der Waals surface area contributed by atoms with E-state index in [0.29, 0.717) is 23.7 Å². The molecule has 0 aliphatic rings. The number of amides is 2. The lowest BCUT2D eigenvalue weighted by Gasteiger charge is -2.27. The predicted molar refractivity (Wildman–Crippen MR) is 127 cm³/mol. The molecule has 0 saturated carbocycles. The molecule has 0 bridgehead atoms. The first kappa shape index (κ1) is 23.7. The maximum absolute atomic E-state index is 13.3. The minimum atomic E-state index is -0.329. The molecule has 4 nitrogen and oxygen atoms in total. The van der Waals surface area contributed by atoms with Crippen LogP contribution in [0.5, 0.6) is 0 Å². The van der Waals surface area contributed by atoms with E-state index in [4.69, 9.17) is 11.6 Å². The molecule has 0 atom stereocenters. The molecule has 2 aromatic carbocycles. The molecule has 32 heavy (non-hydrogen) atoms. The third-order valence-electron chi connectivity index (χ3n) is 4.98. The summed E-state index contributed by atoms with van der Waals surface area (Å²) in [6.07, 6.45) is 1.59. The van der Waals surface area contributed by atoms with Crippen molar-refractivity contribution in [3.05, 3.63) is 105 Å². The van der Waals surface area contributed by atoms with Gasteiger partial charge in [0.05, 0.1) is 6.54 Å². The Morgan fingerprint density at radius 2 is 1.84 bits per heavy atom. The number of aryl methyl sites for hydroxylation is 1. The van der Waals surface area contributed by atoms with Gasteiger partial charge in [0.25, 0.3) is 5.91 Å². The Bertz CT molecular complexity index is 1100. The molecule has 0 radical (unpaired) electrons. The lowest BCUT2D eigenvalue weighted by molar-refractivity contribution is -0.133. The quantitative estimate of drug-likeness (QED) is 0.376. The third kappa shape index (κ3) is 6.28. The van der Waals surface area contributed by atoms with Crippen LogP contribution in [0.15, 0.2) is 72.6 Å². The Balaban J connectivity index is 1.82. The third-order valence-corrected chi connectivity index (χ3v) is 6.22. The molecular formula is C25H24ClFN2O2S. The summed E-state index contributed by atoms with van der Waals surface area (Å²) in [5.74, 6) is -0.834. The molecule has 0 unspecified atom stereocenters. The molecule has 3 rings (SSSR count). The van der Waals surface area contributed by atoms with Gasteiger partial charge in [-0.05, 0) is 59.8 Å². The Labute approximate surface area is 196 Å². The van der Waals surface area contributed by atoms with Crippen LogP contribution in [-0.2, 0) is 17.9 Å². The summed E-state index contributed by atoms with van der Waals surface area (Å²) in [5.41, 5.74) is 2.32. The van der Waals surface area contributed by atoms with Crippen molar-refractivity contribution in [1.82, 2.24) is 9.80 Å². The van der Waals surface area contributed by atoms with E-state index in [1.54, 1.807) is 58.7 Å². The minimum Gasteiger partial charge on any atom is -0.332 e. The molecule has 0 saturated heterocycles. The van der Waals surface area contributed by atoms with E-state index >= 15 is 0 Å². The first-order valence-corrected chi connectivity index (χ1v) is 11.3. The van der Waals surface area contributed by atoms with Gasteiger partial charge in [-0.2, -0.15) is 0 Å². The monoisotopic (exact) mass is 470 g/mol. The van der Waals surface area contributed by atoms with Crippen LogP contribution in [0.1, 0.15) is 26.4 Å². The van der Waals surface area contributed by atoms with Gasteiger partial charge in [0.2, 0.25) is 5.91 Å². The molecule has 166 valence electrons. The van der Waals surface area contributed by atoms with Gasteiger partial charge in [-0.15, -0.1) is 17.9 Å². The molecule has 3 aromatic rings. The van der Waals surface area contributed by atoms with Gasteiger partial charge in [0.1, 0.15) is 12.4 Å². The summed E-state index contributed by atoms with van der Waals surface area (Å²) in [7, 11) is 0. The zero-order valence-corrected chi connectivity index (χ0v) is 19.3. The summed E-state index contributed by atoms with van der Waals surface area (Å²) in [4.78, 5) is 30.6. The zero-order valence-electron chi connectivity index (χ0n) is 17.8. The lowest BCUT2D eigenvalue weighted by atomic mass is 10.1. The van der Waals surface area contributed by atoms with Crippen molar-refractivity contribution in [2.24, 2.45) is 0 Å². The van der Waals surface area contributed by atoms with Gasteiger partial charge in [-0.25, -0.2) is 4.39 Å². The van der Waals surface area contributed by atoms with E-state index in [1.165, 1.54) is 17.0 Å². The van der Waals surface area contributed by atoms with Gasteiger partial charge in [0, 0.05) is 28.6 Å². The van der Waals surface area contributed by atoms with Gasteiger partial charge >= 0.3 is 0 Å². The van der Waals surface area contributed by atoms with Crippen LogP contribution in [0, 0.1) is 12.7 Å². The van der Waals surface area contributed by atoms with Gasteiger partial charge < -0.3 is 9.80 Å². The van der Waals surface area contributed by atoms with Crippen LogP contribution in [0.2, 0.25) is 5.02 Å². The Morgan fingerprint density at radius 3 is 2.47 bits per heavy atom. The average molecular weight is 471 g/mol. The summed E-state index contributed by atoms with van der Waals surface area (Å²) in [6.45, 7) is 6.55. The number of carbonyl (C=O) groups is 2. The molecule has 0 aliphatic heterocycles. The van der Waals surface area contributed by atoms with Crippen molar-refractivity contribution in [3.8, 4) is 0 Å². The van der Waals surface area contributed by atoms with E-state index in [9.17, 15) is 14.0 Å². The SMILES string of the molecule is C=CCN(CC(=O)N(Cc1ccc(F)cc1)Cc1sccc1C)C(=O)c1cccc(Cl)c1. The number of hydrogen-bond acceptors (Lipinski definition) is 3. The number of nitrogens with zero attached hydrogens (tertiary/aromatic N) is 2. The lowest BCUT2D eigenvalue weighted by Crippen LogP contribution is -2.42. The predicted octanol–water partition coefficient (Wildman–Crippen LogP) is 5.71. The summed E-state index contributed by atoms with van der Waals surface area (Å²) in [6, 6.07) is 14.7. The highest BCUT2D eigenvalue weighted by atomic mass is 35.5. The van der Waals surface area contributed by atoms with Crippen LogP contribution in [0.25, 0.3) is 0 Å². The fourth-order valence-corrected chi connectivity index (χ4v) is 4.34. The zero-order chi connectivity index (χ0) is 23.1. The molecule has 1 heterocycles. The first-order valence-electron chi connectivity index (χ1n) is 10.1. The second-order valence-corrected chi connectivity index (χ2v) is 8.82. The largest absolute Gasteiger partial charge is 0.332 e.